The Bertz CT molecular complexity index is 968. The number of benzene rings is 1. The highest BCUT2D eigenvalue weighted by molar-refractivity contribution is 5.92. The number of aromatic carboxylic acids is 1. The molecule has 1 aromatic carbocycles. The first kappa shape index (κ1) is 17.1. The Balaban J connectivity index is 1.88. The fraction of sp³-hybridized carbons (Fsp3) is 0.444. The summed E-state index contributed by atoms with van der Waals surface area (Å²) < 4.78 is 30.1. The summed E-state index contributed by atoms with van der Waals surface area (Å²) in [7, 11) is 0. The highest BCUT2D eigenvalue weighted by Gasteiger charge is 2.53. The second-order valence-corrected chi connectivity index (χ2v) is 7.19. The predicted molar refractivity (Wildman–Crippen MR) is 91.1 cm³/mol. The average Bonchev–Trinajstić information content (AvgIpc) is 3.37. The fourth-order valence-electron chi connectivity index (χ4n) is 4.12. The van der Waals surface area contributed by atoms with Crippen molar-refractivity contribution >= 4 is 16.9 Å². The van der Waals surface area contributed by atoms with Crippen molar-refractivity contribution < 1.29 is 18.7 Å². The summed E-state index contributed by atoms with van der Waals surface area (Å²) in [5.74, 6) is -3.09. The Labute approximate surface area is 147 Å². The zero-order valence-electron chi connectivity index (χ0n) is 14.0. The Morgan fingerprint density at radius 3 is 2.73 bits per heavy atom. The summed E-state index contributed by atoms with van der Waals surface area (Å²) in [6.07, 6.45) is 3.96. The quantitative estimate of drug-likeness (QED) is 0.774. The van der Waals surface area contributed by atoms with Crippen LogP contribution in [0.4, 0.5) is 8.78 Å². The molecule has 2 fully saturated rings. The van der Waals surface area contributed by atoms with Crippen molar-refractivity contribution in [1.82, 2.24) is 9.88 Å². The lowest BCUT2D eigenvalue weighted by Gasteiger charge is -2.38. The molecule has 2 heterocycles. The molecule has 1 unspecified atom stereocenters. The van der Waals surface area contributed by atoms with E-state index in [4.69, 9.17) is 10.8 Å². The van der Waals surface area contributed by atoms with Gasteiger partial charge in [0.15, 0.2) is 5.82 Å². The normalized spacial score (nSPS) is 22.5. The zero-order chi connectivity index (χ0) is 18.6. The topological polar surface area (TPSA) is 99.4 Å². The molecule has 0 radical (unpaired) electrons. The number of pyridine rings is 1. The molecule has 2 aliphatic rings. The Morgan fingerprint density at radius 1 is 1.38 bits per heavy atom. The number of H-pyrrole nitrogens is 1. The lowest BCUT2D eigenvalue weighted by atomic mass is 9.95. The molecule has 1 saturated heterocycles. The molecule has 26 heavy (non-hydrogen) atoms. The number of nitrogens with one attached hydrogen (secondary N) is 1. The fourth-order valence-corrected chi connectivity index (χ4v) is 4.12. The van der Waals surface area contributed by atoms with Gasteiger partial charge in [0.2, 0.25) is 5.43 Å². The van der Waals surface area contributed by atoms with E-state index in [1.54, 1.807) is 0 Å². The summed E-state index contributed by atoms with van der Waals surface area (Å²) in [5, 5.41) is 8.73. The SMILES string of the molecule is NC1CCCN(C2(c3c(F)cc4c(=O)c(C(=O)O)c[nH]c4c3F)CC2)C1. The largest absolute Gasteiger partial charge is 0.477 e. The number of hydrogen-bond acceptors (Lipinski definition) is 4. The number of nitrogens with two attached hydrogens (primary N) is 1. The number of fused-ring (bicyclic) bond motifs is 1. The van der Waals surface area contributed by atoms with E-state index in [1.807, 2.05) is 4.90 Å². The van der Waals surface area contributed by atoms with Crippen LogP contribution in [-0.4, -0.2) is 40.1 Å². The second-order valence-electron chi connectivity index (χ2n) is 7.19. The van der Waals surface area contributed by atoms with E-state index < -0.39 is 34.1 Å². The minimum atomic E-state index is -1.45. The van der Waals surface area contributed by atoms with E-state index in [-0.39, 0.29) is 22.5 Å². The maximum Gasteiger partial charge on any atom is 0.341 e. The molecule has 0 spiro atoms. The average molecular weight is 363 g/mol. The van der Waals surface area contributed by atoms with Crippen molar-refractivity contribution in [3.63, 3.8) is 0 Å². The molecule has 4 N–H and O–H groups in total. The maximum atomic E-state index is 15.2. The number of aromatic amines is 1. The van der Waals surface area contributed by atoms with Crippen molar-refractivity contribution in [3.05, 3.63) is 45.2 Å². The number of rotatable bonds is 3. The molecule has 4 rings (SSSR count). The highest BCUT2D eigenvalue weighted by Crippen LogP contribution is 2.53. The van der Waals surface area contributed by atoms with Crippen LogP contribution in [-0.2, 0) is 5.54 Å². The zero-order valence-corrected chi connectivity index (χ0v) is 14.0. The first-order valence-electron chi connectivity index (χ1n) is 8.63. The van der Waals surface area contributed by atoms with Crippen LogP contribution in [0.15, 0.2) is 17.1 Å². The van der Waals surface area contributed by atoms with E-state index in [2.05, 4.69) is 4.98 Å². The third kappa shape index (κ3) is 2.44. The molecule has 1 aromatic heterocycles. The molecule has 2 aromatic rings. The van der Waals surface area contributed by atoms with Crippen LogP contribution in [0, 0.1) is 11.6 Å². The molecule has 1 aliphatic carbocycles. The van der Waals surface area contributed by atoms with Crippen LogP contribution in [0.2, 0.25) is 0 Å². The van der Waals surface area contributed by atoms with E-state index in [0.717, 1.165) is 31.6 Å². The predicted octanol–water partition coefficient (Wildman–Crippen LogP) is 1.92. The van der Waals surface area contributed by atoms with Crippen LogP contribution in [0.3, 0.4) is 0 Å². The molecule has 1 atom stereocenters. The van der Waals surface area contributed by atoms with Crippen LogP contribution in [0.25, 0.3) is 10.9 Å². The molecule has 138 valence electrons. The maximum absolute atomic E-state index is 15.2. The number of piperidine rings is 1. The van der Waals surface area contributed by atoms with Gasteiger partial charge in [-0.15, -0.1) is 0 Å². The van der Waals surface area contributed by atoms with E-state index in [9.17, 15) is 14.0 Å². The van der Waals surface area contributed by atoms with Crippen molar-refractivity contribution in [1.29, 1.82) is 0 Å². The van der Waals surface area contributed by atoms with Gasteiger partial charge in [0.05, 0.1) is 16.4 Å². The Kier molecular flexibility index (Phi) is 3.85. The van der Waals surface area contributed by atoms with Crippen LogP contribution >= 0.6 is 0 Å². The smallest absolute Gasteiger partial charge is 0.341 e. The number of carboxylic acid groups (broad SMARTS) is 1. The summed E-state index contributed by atoms with van der Waals surface area (Å²) in [4.78, 5) is 27.9. The minimum absolute atomic E-state index is 0.0225. The number of carboxylic acids is 1. The van der Waals surface area contributed by atoms with E-state index in [1.165, 1.54) is 0 Å². The number of hydrogen-bond donors (Lipinski definition) is 3. The molecular formula is C18H19F2N3O3. The van der Waals surface area contributed by atoms with Crippen LogP contribution < -0.4 is 11.2 Å². The van der Waals surface area contributed by atoms with Crippen LogP contribution in [0.5, 0.6) is 0 Å². The number of nitrogens with zero attached hydrogens (tertiary/aromatic N) is 1. The van der Waals surface area contributed by atoms with Crippen LogP contribution in [0.1, 0.15) is 41.6 Å². The van der Waals surface area contributed by atoms with Gasteiger partial charge in [-0.05, 0) is 38.3 Å². The summed E-state index contributed by atoms with van der Waals surface area (Å²) in [6, 6.07) is 0.925. The van der Waals surface area contributed by atoms with Gasteiger partial charge >= 0.3 is 5.97 Å². The summed E-state index contributed by atoms with van der Waals surface area (Å²) in [6.45, 7) is 1.30. The van der Waals surface area contributed by atoms with Gasteiger partial charge in [-0.2, -0.15) is 0 Å². The van der Waals surface area contributed by atoms with Crippen molar-refractivity contribution in [3.8, 4) is 0 Å². The highest BCUT2D eigenvalue weighted by atomic mass is 19.1. The lowest BCUT2D eigenvalue weighted by Crippen LogP contribution is -2.48. The van der Waals surface area contributed by atoms with Gasteiger partial charge < -0.3 is 15.8 Å². The molecule has 1 aliphatic heterocycles. The van der Waals surface area contributed by atoms with Gasteiger partial charge in [0.1, 0.15) is 11.4 Å². The third-order valence-electron chi connectivity index (χ3n) is 5.55. The van der Waals surface area contributed by atoms with Gasteiger partial charge in [0.25, 0.3) is 0 Å². The number of carbonyl (C=O) groups is 1. The van der Waals surface area contributed by atoms with Crippen molar-refractivity contribution in [2.75, 3.05) is 13.1 Å². The summed E-state index contributed by atoms with van der Waals surface area (Å²) in [5.41, 5.74) is 3.62. The number of likely N-dealkylation sites (tertiary alicyclic amines) is 1. The molecule has 0 bridgehead atoms. The standard InChI is InChI=1S/C18H19F2N3O3/c19-12-6-10-15(22-7-11(16(10)24)17(25)26)14(20)13(12)18(3-4-18)23-5-1-2-9(21)8-23/h6-7,9H,1-5,8,21H2,(H,22,24)(H,25,26). The molecule has 8 heteroatoms. The molecule has 0 amide bonds. The third-order valence-corrected chi connectivity index (χ3v) is 5.55. The molecule has 1 saturated carbocycles. The Hall–Kier alpha value is -2.32. The second kappa shape index (κ2) is 5.85. The number of halogens is 2. The van der Waals surface area contributed by atoms with Crippen molar-refractivity contribution in [2.24, 2.45) is 5.73 Å². The Morgan fingerprint density at radius 2 is 2.12 bits per heavy atom. The van der Waals surface area contributed by atoms with Gasteiger partial charge in [-0.1, -0.05) is 0 Å². The van der Waals surface area contributed by atoms with E-state index >= 15 is 4.39 Å². The van der Waals surface area contributed by atoms with Gasteiger partial charge in [-0.3, -0.25) is 9.69 Å². The van der Waals surface area contributed by atoms with E-state index in [0.29, 0.717) is 19.4 Å². The molecular weight excluding hydrogens is 344 g/mol. The summed E-state index contributed by atoms with van der Waals surface area (Å²) >= 11 is 0. The van der Waals surface area contributed by atoms with Gasteiger partial charge in [0, 0.05) is 24.3 Å². The lowest BCUT2D eigenvalue weighted by molar-refractivity contribution is 0.0695. The number of aromatic nitrogens is 1. The monoisotopic (exact) mass is 363 g/mol. The first-order valence-corrected chi connectivity index (χ1v) is 8.63. The minimum Gasteiger partial charge on any atom is -0.477 e. The first-order chi connectivity index (χ1) is 12.3. The molecule has 6 nitrogen and oxygen atoms in total. The van der Waals surface area contributed by atoms with Crippen molar-refractivity contribution in [2.45, 2.75) is 37.3 Å². The van der Waals surface area contributed by atoms with Gasteiger partial charge in [-0.25, -0.2) is 13.6 Å².